The molecule has 0 saturated carbocycles. The first kappa shape index (κ1) is 20.2. The van der Waals surface area contributed by atoms with Crippen molar-refractivity contribution in [3.8, 4) is 5.75 Å². The number of thioether (sulfide) groups is 1. The third-order valence-electron chi connectivity index (χ3n) is 3.66. The van der Waals surface area contributed by atoms with Crippen molar-refractivity contribution in [2.45, 2.75) is 30.5 Å². The molecule has 1 atom stereocenters. The van der Waals surface area contributed by atoms with E-state index < -0.39 is 23.8 Å². The molecule has 0 saturated heterocycles. The number of halogens is 3. The topological polar surface area (TPSA) is 35.5 Å². The smallest absolute Gasteiger partial charge is 0.416 e. The van der Waals surface area contributed by atoms with Gasteiger partial charge in [-0.3, -0.25) is 0 Å². The Kier molecular flexibility index (Phi) is 6.97. The van der Waals surface area contributed by atoms with Crippen molar-refractivity contribution in [3.05, 3.63) is 59.7 Å². The van der Waals surface area contributed by atoms with Gasteiger partial charge in [0.2, 0.25) is 0 Å². The number of hydrogen-bond acceptors (Lipinski definition) is 4. The van der Waals surface area contributed by atoms with Crippen LogP contribution in [0.4, 0.5) is 13.2 Å². The van der Waals surface area contributed by atoms with Crippen molar-refractivity contribution in [3.63, 3.8) is 0 Å². The molecule has 0 amide bonds. The molecule has 0 N–H and O–H groups in total. The van der Waals surface area contributed by atoms with Crippen LogP contribution in [0.1, 0.15) is 17.5 Å². The molecule has 3 nitrogen and oxygen atoms in total. The molecular formula is C19H19F3O3S. The first-order valence-corrected chi connectivity index (χ1v) is 8.90. The predicted octanol–water partition coefficient (Wildman–Crippen LogP) is 5.12. The standard InChI is InChI=1S/C19H19F3O3S/c1-13-5-3-4-6-17(13)26-12-11-16(18(23)24-2)25-15-9-7-14(8-10-15)19(20,21)22/h3-10,16H,11-12H2,1-2H3. The predicted molar refractivity (Wildman–Crippen MR) is 94.4 cm³/mol. The Morgan fingerprint density at radius 3 is 2.35 bits per heavy atom. The van der Waals surface area contributed by atoms with Crippen LogP contribution < -0.4 is 4.74 Å². The Bertz CT molecular complexity index is 730. The summed E-state index contributed by atoms with van der Waals surface area (Å²) in [5.74, 6) is 0.232. The van der Waals surface area contributed by atoms with Crippen molar-refractivity contribution in [2.75, 3.05) is 12.9 Å². The molecule has 7 heteroatoms. The number of rotatable bonds is 7. The fourth-order valence-corrected chi connectivity index (χ4v) is 3.26. The fourth-order valence-electron chi connectivity index (χ4n) is 2.24. The van der Waals surface area contributed by atoms with Crippen molar-refractivity contribution >= 4 is 17.7 Å². The Morgan fingerprint density at radius 1 is 1.12 bits per heavy atom. The zero-order valence-electron chi connectivity index (χ0n) is 14.4. The maximum Gasteiger partial charge on any atom is 0.416 e. The molecule has 0 aliphatic rings. The van der Waals surface area contributed by atoms with Gasteiger partial charge in [-0.05, 0) is 42.8 Å². The van der Waals surface area contributed by atoms with Crippen LogP contribution in [-0.4, -0.2) is 24.9 Å². The Morgan fingerprint density at radius 2 is 1.77 bits per heavy atom. The molecule has 26 heavy (non-hydrogen) atoms. The van der Waals surface area contributed by atoms with E-state index in [9.17, 15) is 18.0 Å². The van der Waals surface area contributed by atoms with E-state index in [-0.39, 0.29) is 5.75 Å². The zero-order chi connectivity index (χ0) is 19.2. The summed E-state index contributed by atoms with van der Waals surface area (Å²) in [7, 11) is 1.25. The molecule has 1 unspecified atom stereocenters. The van der Waals surface area contributed by atoms with Gasteiger partial charge in [-0.1, -0.05) is 18.2 Å². The first-order chi connectivity index (χ1) is 12.3. The van der Waals surface area contributed by atoms with Gasteiger partial charge in [0.25, 0.3) is 0 Å². The molecular weight excluding hydrogens is 365 g/mol. The zero-order valence-corrected chi connectivity index (χ0v) is 15.2. The first-order valence-electron chi connectivity index (χ1n) is 7.91. The maximum absolute atomic E-state index is 12.6. The second-order valence-corrected chi connectivity index (χ2v) is 6.69. The van der Waals surface area contributed by atoms with E-state index in [0.29, 0.717) is 12.2 Å². The van der Waals surface area contributed by atoms with Crippen molar-refractivity contribution < 1.29 is 27.4 Å². The Labute approximate surface area is 154 Å². The lowest BCUT2D eigenvalue weighted by Gasteiger charge is -2.17. The minimum atomic E-state index is -4.41. The van der Waals surface area contributed by atoms with Gasteiger partial charge in [-0.25, -0.2) is 4.79 Å². The van der Waals surface area contributed by atoms with Crippen molar-refractivity contribution in [1.82, 2.24) is 0 Å². The molecule has 2 aromatic carbocycles. The normalized spacial score (nSPS) is 12.5. The lowest BCUT2D eigenvalue weighted by atomic mass is 10.2. The van der Waals surface area contributed by atoms with Crippen LogP contribution in [0.2, 0.25) is 0 Å². The molecule has 0 aliphatic carbocycles. The van der Waals surface area contributed by atoms with E-state index in [0.717, 1.165) is 22.6 Å². The Balaban J connectivity index is 1.99. The molecule has 140 valence electrons. The van der Waals surface area contributed by atoms with E-state index in [4.69, 9.17) is 9.47 Å². The van der Waals surface area contributed by atoms with Gasteiger partial charge in [-0.2, -0.15) is 13.2 Å². The quantitative estimate of drug-likeness (QED) is 0.491. The van der Waals surface area contributed by atoms with Gasteiger partial charge < -0.3 is 9.47 Å². The van der Waals surface area contributed by atoms with Crippen molar-refractivity contribution in [2.24, 2.45) is 0 Å². The van der Waals surface area contributed by atoms with Gasteiger partial charge in [0.15, 0.2) is 6.10 Å². The monoisotopic (exact) mass is 384 g/mol. The molecule has 0 spiro atoms. The number of benzene rings is 2. The summed E-state index contributed by atoms with van der Waals surface area (Å²) < 4.78 is 48.1. The minimum absolute atomic E-state index is 0.189. The number of carbonyl (C=O) groups excluding carboxylic acids is 1. The van der Waals surface area contributed by atoms with Crippen LogP contribution in [0.25, 0.3) is 0 Å². The van der Waals surface area contributed by atoms with Crippen molar-refractivity contribution in [1.29, 1.82) is 0 Å². The van der Waals surface area contributed by atoms with E-state index in [2.05, 4.69) is 0 Å². The number of ether oxygens (including phenoxy) is 2. The summed E-state index contributed by atoms with van der Waals surface area (Å²) in [5, 5.41) is 0. The van der Waals surface area contributed by atoms with Gasteiger partial charge in [0.05, 0.1) is 12.7 Å². The highest BCUT2D eigenvalue weighted by Gasteiger charge is 2.30. The van der Waals surface area contributed by atoms with Gasteiger partial charge in [0.1, 0.15) is 5.75 Å². The number of alkyl halides is 3. The van der Waals surface area contributed by atoms with Gasteiger partial charge in [-0.15, -0.1) is 11.8 Å². The average molecular weight is 384 g/mol. The van der Waals surface area contributed by atoms with E-state index in [1.54, 1.807) is 11.8 Å². The highest BCUT2D eigenvalue weighted by molar-refractivity contribution is 7.99. The summed E-state index contributed by atoms with van der Waals surface area (Å²) in [6, 6.07) is 12.1. The van der Waals surface area contributed by atoms with Gasteiger partial charge in [0, 0.05) is 17.1 Å². The van der Waals surface area contributed by atoms with Crippen LogP contribution in [0.3, 0.4) is 0 Å². The molecule has 0 heterocycles. The SMILES string of the molecule is COC(=O)C(CCSc1ccccc1C)Oc1ccc(C(F)(F)F)cc1. The van der Waals surface area contributed by atoms with E-state index in [1.165, 1.54) is 19.2 Å². The number of aryl methyl sites for hydroxylation is 1. The van der Waals surface area contributed by atoms with Crippen LogP contribution in [-0.2, 0) is 15.7 Å². The minimum Gasteiger partial charge on any atom is -0.479 e. The highest BCUT2D eigenvalue weighted by atomic mass is 32.2. The molecule has 2 aromatic rings. The second-order valence-electron chi connectivity index (χ2n) is 5.55. The van der Waals surface area contributed by atoms with Crippen LogP contribution in [0, 0.1) is 6.92 Å². The van der Waals surface area contributed by atoms with Gasteiger partial charge >= 0.3 is 12.1 Å². The summed E-state index contributed by atoms with van der Waals surface area (Å²) >= 11 is 1.58. The third-order valence-corrected chi connectivity index (χ3v) is 4.86. The molecule has 0 fully saturated rings. The summed E-state index contributed by atoms with van der Waals surface area (Å²) in [4.78, 5) is 13.0. The maximum atomic E-state index is 12.6. The summed E-state index contributed by atoms with van der Waals surface area (Å²) in [6.45, 7) is 2.00. The number of hydrogen-bond donors (Lipinski definition) is 0. The second kappa shape index (κ2) is 8.98. The summed E-state index contributed by atoms with van der Waals surface area (Å²) in [5.41, 5.74) is 0.366. The number of esters is 1. The van der Waals surface area contributed by atoms with E-state index >= 15 is 0 Å². The summed E-state index contributed by atoms with van der Waals surface area (Å²) in [6.07, 6.45) is -4.93. The van der Waals surface area contributed by atoms with Crippen LogP contribution >= 0.6 is 11.8 Å². The Hall–Kier alpha value is -2.15. The largest absolute Gasteiger partial charge is 0.479 e. The highest BCUT2D eigenvalue weighted by Crippen LogP contribution is 2.31. The van der Waals surface area contributed by atoms with Crippen LogP contribution in [0.5, 0.6) is 5.75 Å². The molecule has 2 rings (SSSR count). The number of carbonyl (C=O) groups is 1. The number of methoxy groups -OCH3 is 1. The fraction of sp³-hybridized carbons (Fsp3) is 0.316. The van der Waals surface area contributed by atoms with Crippen LogP contribution in [0.15, 0.2) is 53.4 Å². The third kappa shape index (κ3) is 5.69. The molecule has 0 radical (unpaired) electrons. The molecule has 0 bridgehead atoms. The lowest BCUT2D eigenvalue weighted by molar-refractivity contribution is -0.149. The molecule has 0 aromatic heterocycles. The van der Waals surface area contributed by atoms with E-state index in [1.807, 2.05) is 31.2 Å². The average Bonchev–Trinajstić information content (AvgIpc) is 2.61. The lowest BCUT2D eigenvalue weighted by Crippen LogP contribution is -2.29. The molecule has 0 aliphatic heterocycles.